The molecule has 4 aromatic carbocycles. The van der Waals surface area contributed by atoms with E-state index in [0.717, 1.165) is 40.0 Å². The lowest BCUT2D eigenvalue weighted by Gasteiger charge is -2.22. The highest BCUT2D eigenvalue weighted by molar-refractivity contribution is 5.98. The summed E-state index contributed by atoms with van der Waals surface area (Å²) >= 11 is 0. The Balaban J connectivity index is 1.25. The fraction of sp³-hybridized carbons (Fsp3) is 0.333. The van der Waals surface area contributed by atoms with Crippen LogP contribution in [0.5, 0.6) is 5.75 Å². The summed E-state index contributed by atoms with van der Waals surface area (Å²) in [7, 11) is 0. The number of carboxylic acids is 1. The van der Waals surface area contributed by atoms with Gasteiger partial charge in [0.25, 0.3) is 5.91 Å². The van der Waals surface area contributed by atoms with E-state index in [1.165, 1.54) is 25.7 Å². The minimum atomic E-state index is -1.59. The van der Waals surface area contributed by atoms with E-state index in [1.54, 1.807) is 60.9 Å². The number of unbranched alkanes of at least 4 members (excludes halogenated alkanes) is 4. The SMILES string of the molecule is CCCCCCCOc1ccc(-c2cnc(-c3ccc(C[C@H](NC(=O)c4ccc(C(C)(C)C)cc4)C(=O)N[C@@H](CC(=O)OCc4ccccc4)C(=O)O)cc3)nc2)cc1. The monoisotopic (exact) mass is 798 g/mol. The molecule has 11 nitrogen and oxygen atoms in total. The number of aliphatic carboxylic acids is 1. The Morgan fingerprint density at radius 3 is 1.97 bits per heavy atom. The van der Waals surface area contributed by atoms with Crippen LogP contribution in [0.3, 0.4) is 0 Å². The number of esters is 1. The predicted molar refractivity (Wildman–Crippen MR) is 228 cm³/mol. The third-order valence-corrected chi connectivity index (χ3v) is 9.87. The first-order valence-corrected chi connectivity index (χ1v) is 20.2. The number of carbonyl (C=O) groups is 4. The van der Waals surface area contributed by atoms with E-state index < -0.39 is 42.3 Å². The molecule has 0 fully saturated rings. The molecule has 0 saturated heterocycles. The number of nitrogens with zero attached hydrogens (tertiary/aromatic N) is 2. The molecule has 3 N–H and O–H groups in total. The maximum absolute atomic E-state index is 13.8. The summed E-state index contributed by atoms with van der Waals surface area (Å²) in [4.78, 5) is 61.3. The highest BCUT2D eigenvalue weighted by Crippen LogP contribution is 2.25. The number of nitrogens with one attached hydrogen (secondary N) is 2. The molecule has 11 heteroatoms. The van der Waals surface area contributed by atoms with E-state index in [4.69, 9.17) is 9.47 Å². The van der Waals surface area contributed by atoms with Crippen LogP contribution >= 0.6 is 0 Å². The fourth-order valence-corrected chi connectivity index (χ4v) is 6.30. The van der Waals surface area contributed by atoms with Gasteiger partial charge in [-0.05, 0) is 58.4 Å². The Hall–Kier alpha value is -6.36. The first kappa shape index (κ1) is 43.8. The van der Waals surface area contributed by atoms with Crippen LogP contribution in [0, 0.1) is 0 Å². The molecule has 0 aliphatic rings. The molecule has 0 aliphatic heterocycles. The third kappa shape index (κ3) is 13.6. The summed E-state index contributed by atoms with van der Waals surface area (Å²) in [5.41, 5.74) is 5.24. The van der Waals surface area contributed by atoms with E-state index in [9.17, 15) is 24.3 Å². The van der Waals surface area contributed by atoms with E-state index >= 15 is 0 Å². The van der Waals surface area contributed by atoms with Crippen LogP contribution in [0.15, 0.2) is 116 Å². The van der Waals surface area contributed by atoms with E-state index in [-0.39, 0.29) is 18.4 Å². The lowest BCUT2D eigenvalue weighted by atomic mass is 9.86. The zero-order valence-electron chi connectivity index (χ0n) is 34.3. The third-order valence-electron chi connectivity index (χ3n) is 9.87. The van der Waals surface area contributed by atoms with Crippen LogP contribution in [0.1, 0.15) is 93.3 Å². The number of benzene rings is 4. The van der Waals surface area contributed by atoms with Gasteiger partial charge < -0.3 is 25.2 Å². The molecule has 1 heterocycles. The van der Waals surface area contributed by atoms with Gasteiger partial charge >= 0.3 is 11.9 Å². The van der Waals surface area contributed by atoms with Crippen molar-refractivity contribution in [3.05, 3.63) is 138 Å². The Morgan fingerprint density at radius 2 is 1.34 bits per heavy atom. The fourth-order valence-electron chi connectivity index (χ4n) is 6.30. The lowest BCUT2D eigenvalue weighted by molar-refractivity contribution is -0.151. The van der Waals surface area contributed by atoms with Crippen LogP contribution in [0.2, 0.25) is 0 Å². The summed E-state index contributed by atoms with van der Waals surface area (Å²) in [6.45, 7) is 9.07. The van der Waals surface area contributed by atoms with Crippen LogP contribution in [0.4, 0.5) is 0 Å². The molecule has 59 heavy (non-hydrogen) atoms. The first-order valence-electron chi connectivity index (χ1n) is 20.2. The molecule has 0 unspecified atom stereocenters. The highest BCUT2D eigenvalue weighted by Gasteiger charge is 2.29. The van der Waals surface area contributed by atoms with E-state index in [0.29, 0.717) is 23.6 Å². The number of aromatic nitrogens is 2. The summed E-state index contributed by atoms with van der Waals surface area (Å²) in [6, 6.07) is 28.4. The minimum absolute atomic E-state index is 0.0289. The summed E-state index contributed by atoms with van der Waals surface area (Å²) in [5.74, 6) is -2.14. The first-order chi connectivity index (χ1) is 28.4. The molecule has 0 saturated carbocycles. The molecule has 0 aliphatic carbocycles. The quantitative estimate of drug-likeness (QED) is 0.0519. The Labute approximate surface area is 346 Å². The molecule has 0 radical (unpaired) electrons. The Kier molecular flexibility index (Phi) is 15.9. The van der Waals surface area contributed by atoms with Gasteiger partial charge in [0.2, 0.25) is 5.91 Å². The molecule has 0 spiro atoms. The maximum atomic E-state index is 13.8. The van der Waals surface area contributed by atoms with Crippen molar-refractivity contribution in [2.24, 2.45) is 0 Å². The number of hydrogen-bond acceptors (Lipinski definition) is 8. The number of carbonyl (C=O) groups excluding carboxylic acids is 3. The van der Waals surface area contributed by atoms with Crippen molar-refractivity contribution in [1.82, 2.24) is 20.6 Å². The normalized spacial score (nSPS) is 12.2. The molecule has 0 bridgehead atoms. The van der Waals surface area contributed by atoms with Crippen molar-refractivity contribution in [2.45, 2.75) is 96.7 Å². The molecule has 2 amide bonds. The van der Waals surface area contributed by atoms with Gasteiger partial charge in [-0.2, -0.15) is 0 Å². The maximum Gasteiger partial charge on any atom is 0.326 e. The lowest BCUT2D eigenvalue weighted by Crippen LogP contribution is -2.53. The van der Waals surface area contributed by atoms with Crippen LogP contribution in [0.25, 0.3) is 22.5 Å². The number of ether oxygens (including phenoxy) is 2. The molecule has 1 aromatic heterocycles. The average Bonchev–Trinajstić information content (AvgIpc) is 3.24. The van der Waals surface area contributed by atoms with Gasteiger partial charge in [-0.25, -0.2) is 14.8 Å². The number of amides is 2. The number of hydrogen-bond donors (Lipinski definition) is 3. The van der Waals surface area contributed by atoms with Gasteiger partial charge in [0.05, 0.1) is 13.0 Å². The largest absolute Gasteiger partial charge is 0.494 e. The zero-order valence-corrected chi connectivity index (χ0v) is 34.3. The van der Waals surface area contributed by atoms with Crippen LogP contribution < -0.4 is 15.4 Å². The summed E-state index contributed by atoms with van der Waals surface area (Å²) in [6.07, 6.45) is 8.89. The Morgan fingerprint density at radius 1 is 0.695 bits per heavy atom. The average molecular weight is 799 g/mol. The molecular weight excluding hydrogens is 745 g/mol. The second-order valence-electron chi connectivity index (χ2n) is 15.6. The highest BCUT2D eigenvalue weighted by atomic mass is 16.5. The standard InChI is InChI=1S/C48H54N4O7/c1-5-6-7-8-12-27-58-40-25-21-35(22-26-40)38-30-49-44(50-31-38)36-17-15-33(16-18-36)28-41(51-45(54)37-19-23-39(24-20-37)48(2,3)4)46(55)52-42(47(56)57)29-43(53)59-32-34-13-10-9-11-14-34/h9-11,13-26,30-31,41-42H,5-8,12,27-29,32H2,1-4H3,(H,51,54)(H,52,55)(H,56,57)/t41-,42-/m0/s1. The van der Waals surface area contributed by atoms with Gasteiger partial charge in [-0.3, -0.25) is 14.4 Å². The predicted octanol–water partition coefficient (Wildman–Crippen LogP) is 8.50. The van der Waals surface area contributed by atoms with Crippen molar-refractivity contribution >= 4 is 23.8 Å². The van der Waals surface area contributed by atoms with Crippen molar-refractivity contribution in [3.63, 3.8) is 0 Å². The smallest absolute Gasteiger partial charge is 0.326 e. The van der Waals surface area contributed by atoms with Gasteiger partial charge in [0.15, 0.2) is 5.82 Å². The molecule has 308 valence electrons. The van der Waals surface area contributed by atoms with Gasteiger partial charge in [-0.1, -0.05) is 132 Å². The molecule has 5 aromatic rings. The summed E-state index contributed by atoms with van der Waals surface area (Å²) in [5, 5.41) is 15.2. The van der Waals surface area contributed by atoms with Gasteiger partial charge in [-0.15, -0.1) is 0 Å². The molecular formula is C48H54N4O7. The number of rotatable bonds is 20. The second-order valence-corrected chi connectivity index (χ2v) is 15.6. The molecule has 2 atom stereocenters. The summed E-state index contributed by atoms with van der Waals surface area (Å²) < 4.78 is 11.2. The van der Waals surface area contributed by atoms with Crippen molar-refractivity contribution in [1.29, 1.82) is 0 Å². The van der Waals surface area contributed by atoms with E-state index in [2.05, 4.69) is 48.3 Å². The van der Waals surface area contributed by atoms with Crippen LogP contribution in [-0.4, -0.2) is 57.5 Å². The second kappa shape index (κ2) is 21.4. The topological polar surface area (TPSA) is 157 Å². The minimum Gasteiger partial charge on any atom is -0.494 e. The van der Waals surface area contributed by atoms with E-state index in [1.807, 2.05) is 54.6 Å². The molecule has 5 rings (SSSR count). The van der Waals surface area contributed by atoms with Gasteiger partial charge in [0.1, 0.15) is 24.4 Å². The van der Waals surface area contributed by atoms with Crippen molar-refractivity contribution in [3.8, 4) is 28.3 Å². The van der Waals surface area contributed by atoms with Crippen molar-refractivity contribution < 1.29 is 33.8 Å². The Bertz CT molecular complexity index is 2110. The zero-order chi connectivity index (χ0) is 42.2. The number of carboxylic acid groups (broad SMARTS) is 1. The van der Waals surface area contributed by atoms with Crippen LogP contribution in [-0.2, 0) is 37.6 Å². The van der Waals surface area contributed by atoms with Crippen molar-refractivity contribution in [2.75, 3.05) is 6.61 Å². The van der Waals surface area contributed by atoms with Gasteiger partial charge in [0, 0.05) is 35.5 Å².